The second kappa shape index (κ2) is 4.78. The number of para-hydroxylation sites is 1. The second-order valence-corrected chi connectivity index (χ2v) is 5.88. The van der Waals surface area contributed by atoms with Gasteiger partial charge < -0.3 is 5.73 Å². The van der Waals surface area contributed by atoms with Crippen molar-refractivity contribution in [3.8, 4) is 0 Å². The van der Waals surface area contributed by atoms with E-state index in [4.69, 9.17) is 5.73 Å². The molecule has 0 spiro atoms. The zero-order chi connectivity index (χ0) is 13.2. The minimum atomic E-state index is -3.55. The average molecular weight is 265 g/mol. The third-order valence-corrected chi connectivity index (χ3v) is 4.26. The summed E-state index contributed by atoms with van der Waals surface area (Å²) < 4.78 is 37.3. The van der Waals surface area contributed by atoms with E-state index in [1.807, 2.05) is 0 Å². The maximum atomic E-state index is 13.0. The van der Waals surface area contributed by atoms with Crippen LogP contribution in [0.15, 0.2) is 53.4 Å². The summed E-state index contributed by atoms with van der Waals surface area (Å²) in [6.45, 7) is 0. The molecule has 0 saturated heterocycles. The van der Waals surface area contributed by atoms with Gasteiger partial charge in [0, 0.05) is 0 Å². The lowest BCUT2D eigenvalue weighted by Crippen LogP contribution is -2.07. The largest absolute Gasteiger partial charge is 0.398 e. The number of anilines is 1. The Hall–Kier alpha value is -1.88. The fraction of sp³-hybridized carbons (Fsp3) is 0.0769. The number of halogens is 1. The summed E-state index contributed by atoms with van der Waals surface area (Å²) in [6.07, 6.45) is 0. The van der Waals surface area contributed by atoms with Crippen molar-refractivity contribution in [1.82, 2.24) is 0 Å². The molecule has 0 aliphatic heterocycles. The van der Waals surface area contributed by atoms with E-state index in [1.54, 1.807) is 18.2 Å². The molecule has 0 fully saturated rings. The first-order chi connectivity index (χ1) is 8.49. The molecule has 0 aliphatic carbocycles. The Morgan fingerprint density at radius 3 is 2.44 bits per heavy atom. The molecule has 0 bridgehead atoms. The van der Waals surface area contributed by atoms with Crippen LogP contribution >= 0.6 is 0 Å². The van der Waals surface area contributed by atoms with E-state index in [9.17, 15) is 12.8 Å². The van der Waals surface area contributed by atoms with E-state index in [2.05, 4.69) is 0 Å². The number of nitrogens with two attached hydrogens (primary N) is 1. The predicted octanol–water partition coefficient (Wildman–Crippen LogP) is 2.38. The molecule has 2 rings (SSSR count). The van der Waals surface area contributed by atoms with E-state index in [-0.39, 0.29) is 16.3 Å². The fourth-order valence-corrected chi connectivity index (χ4v) is 3.17. The molecular weight excluding hydrogens is 253 g/mol. The molecule has 0 aliphatic rings. The van der Waals surface area contributed by atoms with E-state index in [0.717, 1.165) is 0 Å². The van der Waals surface area contributed by atoms with Gasteiger partial charge in [0.2, 0.25) is 0 Å². The molecule has 2 aromatic carbocycles. The van der Waals surface area contributed by atoms with Crippen molar-refractivity contribution in [2.45, 2.75) is 10.6 Å². The second-order valence-electron chi connectivity index (χ2n) is 3.93. The number of sulfone groups is 1. The predicted molar refractivity (Wildman–Crippen MR) is 68.1 cm³/mol. The summed E-state index contributed by atoms with van der Waals surface area (Å²) in [4.78, 5) is 0.0780. The zero-order valence-electron chi connectivity index (χ0n) is 9.51. The molecule has 2 aromatic rings. The van der Waals surface area contributed by atoms with Gasteiger partial charge in [-0.3, -0.25) is 0 Å². The lowest BCUT2D eigenvalue weighted by molar-refractivity contribution is 0.595. The highest BCUT2D eigenvalue weighted by atomic mass is 32.2. The molecule has 0 radical (unpaired) electrons. The van der Waals surface area contributed by atoms with Gasteiger partial charge in [-0.15, -0.1) is 0 Å². The van der Waals surface area contributed by atoms with E-state index in [0.29, 0.717) is 5.56 Å². The summed E-state index contributed by atoms with van der Waals surface area (Å²) in [5.74, 6) is -0.720. The smallest absolute Gasteiger partial charge is 0.184 e. The summed E-state index contributed by atoms with van der Waals surface area (Å²) in [5, 5.41) is 0. The van der Waals surface area contributed by atoms with Crippen LogP contribution < -0.4 is 5.73 Å². The first kappa shape index (κ1) is 12.6. The SMILES string of the molecule is Nc1ccccc1S(=O)(=O)Cc1cccc(F)c1. The van der Waals surface area contributed by atoms with Crippen molar-refractivity contribution in [2.24, 2.45) is 0 Å². The number of hydrogen-bond donors (Lipinski definition) is 1. The van der Waals surface area contributed by atoms with Crippen molar-refractivity contribution in [1.29, 1.82) is 0 Å². The molecule has 3 nitrogen and oxygen atoms in total. The van der Waals surface area contributed by atoms with Crippen molar-refractivity contribution < 1.29 is 12.8 Å². The Balaban J connectivity index is 2.37. The quantitative estimate of drug-likeness (QED) is 0.867. The summed E-state index contributed by atoms with van der Waals surface area (Å²) >= 11 is 0. The van der Waals surface area contributed by atoms with E-state index in [1.165, 1.54) is 30.3 Å². The highest BCUT2D eigenvalue weighted by Crippen LogP contribution is 2.22. The fourth-order valence-electron chi connectivity index (χ4n) is 1.69. The Labute approximate surface area is 105 Å². The third-order valence-electron chi connectivity index (χ3n) is 2.50. The molecule has 2 N–H and O–H groups in total. The molecule has 94 valence electrons. The van der Waals surface area contributed by atoms with Crippen LogP contribution in [0.5, 0.6) is 0 Å². The van der Waals surface area contributed by atoms with Gasteiger partial charge in [-0.1, -0.05) is 24.3 Å². The lowest BCUT2D eigenvalue weighted by Gasteiger charge is -2.07. The molecule has 18 heavy (non-hydrogen) atoms. The monoisotopic (exact) mass is 265 g/mol. The van der Waals surface area contributed by atoms with Gasteiger partial charge in [-0.05, 0) is 29.8 Å². The first-order valence-electron chi connectivity index (χ1n) is 5.31. The van der Waals surface area contributed by atoms with Crippen molar-refractivity contribution in [2.75, 3.05) is 5.73 Å². The highest BCUT2D eigenvalue weighted by molar-refractivity contribution is 7.90. The summed E-state index contributed by atoms with van der Waals surface area (Å²) in [5.41, 5.74) is 6.24. The Bertz CT molecular complexity index is 668. The van der Waals surface area contributed by atoms with Crippen LogP contribution in [0.4, 0.5) is 10.1 Å². The molecule has 0 aromatic heterocycles. The van der Waals surface area contributed by atoms with Gasteiger partial charge in [0.25, 0.3) is 0 Å². The van der Waals surface area contributed by atoms with Gasteiger partial charge in [-0.25, -0.2) is 12.8 Å². The first-order valence-corrected chi connectivity index (χ1v) is 6.96. The Morgan fingerprint density at radius 2 is 1.78 bits per heavy atom. The van der Waals surface area contributed by atoms with Crippen LogP contribution in [0, 0.1) is 5.82 Å². The van der Waals surface area contributed by atoms with E-state index >= 15 is 0 Å². The average Bonchev–Trinajstić information content (AvgIpc) is 2.28. The van der Waals surface area contributed by atoms with Crippen LogP contribution in [-0.2, 0) is 15.6 Å². The molecule has 0 saturated carbocycles. The molecule has 5 heteroatoms. The maximum Gasteiger partial charge on any atom is 0.184 e. The van der Waals surface area contributed by atoms with Crippen LogP contribution in [0.25, 0.3) is 0 Å². The van der Waals surface area contributed by atoms with E-state index < -0.39 is 15.7 Å². The van der Waals surface area contributed by atoms with Crippen LogP contribution in [0.3, 0.4) is 0 Å². The Morgan fingerprint density at radius 1 is 1.06 bits per heavy atom. The number of benzene rings is 2. The normalized spacial score (nSPS) is 11.4. The lowest BCUT2D eigenvalue weighted by atomic mass is 10.2. The highest BCUT2D eigenvalue weighted by Gasteiger charge is 2.17. The standard InChI is InChI=1S/C13H12FNO2S/c14-11-5-3-4-10(8-11)9-18(16,17)13-7-2-1-6-12(13)15/h1-8H,9,15H2. The van der Waals surface area contributed by atoms with Crippen molar-refractivity contribution in [3.05, 3.63) is 59.9 Å². The van der Waals surface area contributed by atoms with Crippen LogP contribution in [0.1, 0.15) is 5.56 Å². The number of rotatable bonds is 3. The van der Waals surface area contributed by atoms with Gasteiger partial charge in [0.15, 0.2) is 9.84 Å². The third kappa shape index (κ3) is 2.68. The molecule has 0 unspecified atom stereocenters. The molecule has 0 atom stereocenters. The topological polar surface area (TPSA) is 60.2 Å². The summed E-state index contributed by atoms with van der Waals surface area (Å²) in [6, 6.07) is 11.8. The van der Waals surface area contributed by atoms with Crippen LogP contribution in [-0.4, -0.2) is 8.42 Å². The molecule has 0 heterocycles. The van der Waals surface area contributed by atoms with Gasteiger partial charge in [-0.2, -0.15) is 0 Å². The van der Waals surface area contributed by atoms with Gasteiger partial charge in [0.1, 0.15) is 5.82 Å². The number of nitrogen functional groups attached to an aromatic ring is 1. The Kier molecular flexibility index (Phi) is 3.34. The van der Waals surface area contributed by atoms with Gasteiger partial charge in [0.05, 0.1) is 16.3 Å². The van der Waals surface area contributed by atoms with Crippen molar-refractivity contribution in [3.63, 3.8) is 0 Å². The van der Waals surface area contributed by atoms with Crippen LogP contribution in [0.2, 0.25) is 0 Å². The van der Waals surface area contributed by atoms with Gasteiger partial charge >= 0.3 is 0 Å². The molecule has 0 amide bonds. The summed E-state index contributed by atoms with van der Waals surface area (Å²) in [7, 11) is -3.55. The maximum absolute atomic E-state index is 13.0. The molecular formula is C13H12FNO2S. The minimum Gasteiger partial charge on any atom is -0.398 e. The van der Waals surface area contributed by atoms with Crippen molar-refractivity contribution >= 4 is 15.5 Å². The zero-order valence-corrected chi connectivity index (χ0v) is 10.3. The minimum absolute atomic E-state index is 0.0780. The number of hydrogen-bond acceptors (Lipinski definition) is 3.